The number of rotatable bonds is 6. The molecule has 0 saturated heterocycles. The predicted octanol–water partition coefficient (Wildman–Crippen LogP) is 2.60. The number of hydrogen-bond donors (Lipinski definition) is 2. The number of benzene rings is 1. The van der Waals surface area contributed by atoms with Crippen molar-refractivity contribution in [3.05, 3.63) is 53.5 Å². The van der Waals surface area contributed by atoms with E-state index in [0.29, 0.717) is 0 Å². The molecule has 4 heteroatoms. The van der Waals surface area contributed by atoms with Crippen molar-refractivity contribution >= 4 is 0 Å². The van der Waals surface area contributed by atoms with Crippen molar-refractivity contribution in [3.8, 4) is 5.75 Å². The standard InChI is InChI=1S/C15H20N2O2/c1-3-15-13(7-8-19-15)14(17-16)10-11-5-4-6-12(9-11)18-2/h4-9,14,17H,3,10,16H2,1-2H3. The van der Waals surface area contributed by atoms with Gasteiger partial charge >= 0.3 is 0 Å². The van der Waals surface area contributed by atoms with E-state index in [4.69, 9.17) is 15.0 Å². The number of hydrogen-bond acceptors (Lipinski definition) is 4. The number of ether oxygens (including phenoxy) is 1. The minimum absolute atomic E-state index is 0.0424. The molecule has 0 aliphatic heterocycles. The Morgan fingerprint density at radius 1 is 1.37 bits per heavy atom. The van der Waals surface area contributed by atoms with Crippen molar-refractivity contribution in [1.82, 2.24) is 5.43 Å². The summed E-state index contributed by atoms with van der Waals surface area (Å²) in [6.45, 7) is 2.07. The second-order valence-electron chi connectivity index (χ2n) is 4.43. The fourth-order valence-electron chi connectivity index (χ4n) is 2.24. The van der Waals surface area contributed by atoms with Gasteiger partial charge in [0.1, 0.15) is 11.5 Å². The molecule has 2 rings (SSSR count). The maximum atomic E-state index is 5.68. The molecule has 1 aromatic heterocycles. The molecule has 102 valence electrons. The zero-order valence-corrected chi connectivity index (χ0v) is 11.3. The van der Waals surface area contributed by atoms with E-state index in [0.717, 1.165) is 29.9 Å². The number of hydrazine groups is 1. The predicted molar refractivity (Wildman–Crippen MR) is 74.8 cm³/mol. The van der Waals surface area contributed by atoms with Gasteiger partial charge in [0.15, 0.2) is 0 Å². The molecular formula is C15H20N2O2. The van der Waals surface area contributed by atoms with Gasteiger partial charge < -0.3 is 9.15 Å². The molecule has 0 aliphatic rings. The van der Waals surface area contributed by atoms with E-state index < -0.39 is 0 Å². The molecule has 19 heavy (non-hydrogen) atoms. The second-order valence-corrected chi connectivity index (χ2v) is 4.43. The van der Waals surface area contributed by atoms with Gasteiger partial charge in [0.05, 0.1) is 19.4 Å². The summed E-state index contributed by atoms with van der Waals surface area (Å²) in [5.41, 5.74) is 5.15. The maximum Gasteiger partial charge on any atom is 0.119 e. The number of furan rings is 1. The van der Waals surface area contributed by atoms with Gasteiger partial charge in [0.2, 0.25) is 0 Å². The van der Waals surface area contributed by atoms with Gasteiger partial charge in [0, 0.05) is 12.0 Å². The Morgan fingerprint density at radius 2 is 2.21 bits per heavy atom. The van der Waals surface area contributed by atoms with Crippen LogP contribution in [0, 0.1) is 0 Å². The highest BCUT2D eigenvalue weighted by Crippen LogP contribution is 2.24. The first kappa shape index (κ1) is 13.6. The Balaban J connectivity index is 2.19. The van der Waals surface area contributed by atoms with E-state index in [-0.39, 0.29) is 6.04 Å². The van der Waals surface area contributed by atoms with Gasteiger partial charge in [-0.15, -0.1) is 0 Å². The van der Waals surface area contributed by atoms with E-state index in [1.807, 2.05) is 24.3 Å². The Bertz CT molecular complexity index is 522. The summed E-state index contributed by atoms with van der Waals surface area (Å²) in [5, 5.41) is 0. The largest absolute Gasteiger partial charge is 0.497 e. The number of methoxy groups -OCH3 is 1. The van der Waals surface area contributed by atoms with Crippen molar-refractivity contribution in [2.45, 2.75) is 25.8 Å². The van der Waals surface area contributed by atoms with Crippen LogP contribution in [0.5, 0.6) is 5.75 Å². The van der Waals surface area contributed by atoms with Crippen LogP contribution in [-0.2, 0) is 12.8 Å². The zero-order chi connectivity index (χ0) is 13.7. The summed E-state index contributed by atoms with van der Waals surface area (Å²) >= 11 is 0. The average molecular weight is 260 g/mol. The lowest BCUT2D eigenvalue weighted by atomic mass is 9.99. The molecule has 1 heterocycles. The molecule has 0 aliphatic carbocycles. The minimum atomic E-state index is 0.0424. The molecular weight excluding hydrogens is 240 g/mol. The Labute approximate surface area is 113 Å². The van der Waals surface area contributed by atoms with Crippen LogP contribution in [0.25, 0.3) is 0 Å². The minimum Gasteiger partial charge on any atom is -0.497 e. The number of aryl methyl sites for hydroxylation is 1. The topological polar surface area (TPSA) is 60.4 Å². The van der Waals surface area contributed by atoms with Gasteiger partial charge in [-0.25, -0.2) is 0 Å². The van der Waals surface area contributed by atoms with Crippen molar-refractivity contribution in [2.75, 3.05) is 7.11 Å². The van der Waals surface area contributed by atoms with E-state index >= 15 is 0 Å². The Hall–Kier alpha value is -1.78. The van der Waals surface area contributed by atoms with Crippen LogP contribution in [0.4, 0.5) is 0 Å². The molecule has 0 radical (unpaired) electrons. The first-order valence-corrected chi connectivity index (χ1v) is 6.43. The number of nitrogens with one attached hydrogen (secondary N) is 1. The third-order valence-corrected chi connectivity index (χ3v) is 3.25. The summed E-state index contributed by atoms with van der Waals surface area (Å²) in [6.07, 6.45) is 3.36. The van der Waals surface area contributed by atoms with Crippen LogP contribution >= 0.6 is 0 Å². The lowest BCUT2D eigenvalue weighted by molar-refractivity contribution is 0.413. The highest BCUT2D eigenvalue weighted by atomic mass is 16.5. The Morgan fingerprint density at radius 3 is 2.89 bits per heavy atom. The lowest BCUT2D eigenvalue weighted by Crippen LogP contribution is -2.29. The summed E-state index contributed by atoms with van der Waals surface area (Å²) in [5.74, 6) is 7.52. The quantitative estimate of drug-likeness (QED) is 0.619. The van der Waals surface area contributed by atoms with Gasteiger partial charge in [0.25, 0.3) is 0 Å². The second kappa shape index (κ2) is 6.41. The van der Waals surface area contributed by atoms with Crippen LogP contribution in [0.1, 0.15) is 29.9 Å². The summed E-state index contributed by atoms with van der Waals surface area (Å²) in [6, 6.07) is 10.0. The van der Waals surface area contributed by atoms with Crippen molar-refractivity contribution < 1.29 is 9.15 Å². The van der Waals surface area contributed by atoms with E-state index in [2.05, 4.69) is 18.4 Å². The first-order chi connectivity index (χ1) is 9.28. The maximum absolute atomic E-state index is 5.68. The van der Waals surface area contributed by atoms with Crippen LogP contribution in [0.3, 0.4) is 0 Å². The van der Waals surface area contributed by atoms with Gasteiger partial charge in [-0.1, -0.05) is 19.1 Å². The third-order valence-electron chi connectivity index (χ3n) is 3.25. The zero-order valence-electron chi connectivity index (χ0n) is 11.3. The van der Waals surface area contributed by atoms with Crippen molar-refractivity contribution in [1.29, 1.82) is 0 Å². The van der Waals surface area contributed by atoms with E-state index in [1.165, 1.54) is 5.56 Å². The van der Waals surface area contributed by atoms with Crippen molar-refractivity contribution in [3.63, 3.8) is 0 Å². The monoisotopic (exact) mass is 260 g/mol. The molecule has 0 bridgehead atoms. The molecule has 0 amide bonds. The van der Waals surface area contributed by atoms with Crippen LogP contribution in [0.15, 0.2) is 41.0 Å². The third kappa shape index (κ3) is 3.16. The fraction of sp³-hybridized carbons (Fsp3) is 0.333. The fourth-order valence-corrected chi connectivity index (χ4v) is 2.24. The molecule has 0 spiro atoms. The summed E-state index contributed by atoms with van der Waals surface area (Å²) in [7, 11) is 1.67. The summed E-state index contributed by atoms with van der Waals surface area (Å²) in [4.78, 5) is 0. The molecule has 1 unspecified atom stereocenters. The molecule has 2 aromatic rings. The van der Waals surface area contributed by atoms with Crippen LogP contribution < -0.4 is 16.0 Å². The van der Waals surface area contributed by atoms with Crippen LogP contribution in [-0.4, -0.2) is 7.11 Å². The van der Waals surface area contributed by atoms with Crippen molar-refractivity contribution in [2.24, 2.45) is 5.84 Å². The lowest BCUT2D eigenvalue weighted by Gasteiger charge is -2.16. The van der Waals surface area contributed by atoms with E-state index in [9.17, 15) is 0 Å². The molecule has 1 aromatic carbocycles. The SMILES string of the molecule is CCc1occc1C(Cc1cccc(OC)c1)NN. The van der Waals surface area contributed by atoms with Gasteiger partial charge in [-0.05, 0) is 30.2 Å². The molecule has 1 atom stereocenters. The molecule has 0 saturated carbocycles. The van der Waals surface area contributed by atoms with Gasteiger partial charge in [-0.3, -0.25) is 11.3 Å². The average Bonchev–Trinajstić information content (AvgIpc) is 2.93. The molecule has 0 fully saturated rings. The highest BCUT2D eigenvalue weighted by Gasteiger charge is 2.16. The van der Waals surface area contributed by atoms with Crippen LogP contribution in [0.2, 0.25) is 0 Å². The molecule has 3 N–H and O–H groups in total. The Kier molecular flexibility index (Phi) is 4.60. The molecule has 4 nitrogen and oxygen atoms in total. The number of nitrogens with two attached hydrogens (primary N) is 1. The smallest absolute Gasteiger partial charge is 0.119 e. The van der Waals surface area contributed by atoms with E-state index in [1.54, 1.807) is 13.4 Å². The summed E-state index contributed by atoms with van der Waals surface area (Å²) < 4.78 is 10.7. The van der Waals surface area contributed by atoms with Gasteiger partial charge in [-0.2, -0.15) is 0 Å². The normalized spacial score (nSPS) is 12.4. The highest BCUT2D eigenvalue weighted by molar-refractivity contribution is 5.31. The first-order valence-electron chi connectivity index (χ1n) is 6.43.